The standard InChI is InChI=1S/C17H23N5O/c1-11-8-12(2)10-14(9-11)19-17(23)16-13(3)22(21-20-16)15-4-6-18-7-5-15/h8-10,15,18H,4-7H2,1-3H3,(H,19,23). The number of nitrogens with zero attached hydrogens (tertiary/aromatic N) is 3. The van der Waals surface area contributed by atoms with Crippen molar-refractivity contribution in [3.63, 3.8) is 0 Å². The predicted molar refractivity (Wildman–Crippen MR) is 89.8 cm³/mol. The molecule has 0 spiro atoms. The molecular formula is C17H23N5O. The minimum Gasteiger partial charge on any atom is -0.321 e. The fourth-order valence-corrected chi connectivity index (χ4v) is 3.19. The fourth-order valence-electron chi connectivity index (χ4n) is 3.19. The highest BCUT2D eigenvalue weighted by molar-refractivity contribution is 6.03. The average molecular weight is 313 g/mol. The molecule has 0 unspecified atom stereocenters. The summed E-state index contributed by atoms with van der Waals surface area (Å²) < 4.78 is 1.90. The van der Waals surface area contributed by atoms with Gasteiger partial charge in [0.15, 0.2) is 5.69 Å². The Kier molecular flexibility index (Phi) is 4.43. The third kappa shape index (κ3) is 3.42. The van der Waals surface area contributed by atoms with Crippen LogP contribution in [0.2, 0.25) is 0 Å². The molecule has 0 bridgehead atoms. The molecule has 1 aliphatic rings. The van der Waals surface area contributed by atoms with Crippen molar-refractivity contribution >= 4 is 11.6 Å². The van der Waals surface area contributed by atoms with Gasteiger partial charge in [0.05, 0.1) is 11.7 Å². The van der Waals surface area contributed by atoms with Crippen LogP contribution >= 0.6 is 0 Å². The Morgan fingerprint density at radius 2 is 1.83 bits per heavy atom. The van der Waals surface area contributed by atoms with Crippen molar-refractivity contribution in [2.75, 3.05) is 18.4 Å². The quantitative estimate of drug-likeness (QED) is 0.912. The molecule has 0 atom stereocenters. The van der Waals surface area contributed by atoms with E-state index in [-0.39, 0.29) is 5.91 Å². The molecule has 122 valence electrons. The first-order chi connectivity index (χ1) is 11.0. The molecule has 1 saturated heterocycles. The highest BCUT2D eigenvalue weighted by Crippen LogP contribution is 2.21. The van der Waals surface area contributed by atoms with E-state index in [9.17, 15) is 4.79 Å². The number of carbonyl (C=O) groups excluding carboxylic acids is 1. The molecule has 0 radical (unpaired) electrons. The van der Waals surface area contributed by atoms with Crippen LogP contribution in [0.3, 0.4) is 0 Å². The van der Waals surface area contributed by atoms with E-state index in [1.54, 1.807) is 0 Å². The second kappa shape index (κ2) is 6.50. The molecule has 2 N–H and O–H groups in total. The first kappa shape index (κ1) is 15.7. The first-order valence-corrected chi connectivity index (χ1v) is 8.07. The summed E-state index contributed by atoms with van der Waals surface area (Å²) in [5.74, 6) is -0.201. The molecule has 6 heteroatoms. The van der Waals surface area contributed by atoms with E-state index in [2.05, 4.69) is 27.0 Å². The normalized spacial score (nSPS) is 15.6. The van der Waals surface area contributed by atoms with Crippen molar-refractivity contribution < 1.29 is 4.79 Å². The minimum absolute atomic E-state index is 0.201. The van der Waals surface area contributed by atoms with Gasteiger partial charge in [-0.3, -0.25) is 4.79 Å². The zero-order valence-corrected chi connectivity index (χ0v) is 13.9. The van der Waals surface area contributed by atoms with Crippen molar-refractivity contribution in [1.29, 1.82) is 0 Å². The number of carbonyl (C=O) groups is 1. The van der Waals surface area contributed by atoms with Crippen LogP contribution in [0.5, 0.6) is 0 Å². The van der Waals surface area contributed by atoms with Gasteiger partial charge in [-0.2, -0.15) is 0 Å². The third-order valence-electron chi connectivity index (χ3n) is 4.28. The number of nitrogens with one attached hydrogen (secondary N) is 2. The molecule has 2 aromatic rings. The monoisotopic (exact) mass is 313 g/mol. The summed E-state index contributed by atoms with van der Waals surface area (Å²) in [4.78, 5) is 12.5. The van der Waals surface area contributed by atoms with Gasteiger partial charge in [0, 0.05) is 5.69 Å². The van der Waals surface area contributed by atoms with Gasteiger partial charge < -0.3 is 10.6 Å². The molecule has 2 heterocycles. The second-order valence-electron chi connectivity index (χ2n) is 6.28. The van der Waals surface area contributed by atoms with E-state index in [1.165, 1.54) is 0 Å². The van der Waals surface area contributed by atoms with E-state index in [4.69, 9.17) is 0 Å². The van der Waals surface area contributed by atoms with Gasteiger partial charge in [-0.15, -0.1) is 5.10 Å². The van der Waals surface area contributed by atoms with E-state index >= 15 is 0 Å². The summed E-state index contributed by atoms with van der Waals surface area (Å²) in [6.07, 6.45) is 2.03. The summed E-state index contributed by atoms with van der Waals surface area (Å²) in [7, 11) is 0. The highest BCUT2D eigenvalue weighted by atomic mass is 16.2. The molecular weight excluding hydrogens is 290 g/mol. The SMILES string of the molecule is Cc1cc(C)cc(NC(=O)c2nnn(C3CCNCC3)c2C)c1. The number of hydrogen-bond acceptors (Lipinski definition) is 4. The van der Waals surface area contributed by atoms with Gasteiger partial charge in [0.2, 0.25) is 0 Å². The molecule has 1 aromatic carbocycles. The number of amides is 1. The number of piperidine rings is 1. The number of benzene rings is 1. The topological polar surface area (TPSA) is 71.8 Å². The van der Waals surface area contributed by atoms with Gasteiger partial charge >= 0.3 is 0 Å². The summed E-state index contributed by atoms with van der Waals surface area (Å²) in [5, 5.41) is 14.6. The van der Waals surface area contributed by atoms with Crippen LogP contribution in [-0.4, -0.2) is 34.0 Å². The van der Waals surface area contributed by atoms with Crippen molar-refractivity contribution in [1.82, 2.24) is 20.3 Å². The molecule has 1 amide bonds. The Hall–Kier alpha value is -2.21. The highest BCUT2D eigenvalue weighted by Gasteiger charge is 2.22. The lowest BCUT2D eigenvalue weighted by molar-refractivity contribution is 0.102. The molecule has 1 aliphatic heterocycles. The van der Waals surface area contributed by atoms with Gasteiger partial charge in [0.25, 0.3) is 5.91 Å². The van der Waals surface area contributed by atoms with Crippen LogP contribution in [0.15, 0.2) is 18.2 Å². The van der Waals surface area contributed by atoms with E-state index in [1.807, 2.05) is 37.6 Å². The first-order valence-electron chi connectivity index (χ1n) is 8.07. The lowest BCUT2D eigenvalue weighted by Crippen LogP contribution is -2.30. The van der Waals surface area contributed by atoms with Crippen molar-refractivity contribution in [3.05, 3.63) is 40.7 Å². The molecule has 1 fully saturated rings. The number of aryl methyl sites for hydroxylation is 2. The van der Waals surface area contributed by atoms with E-state index in [0.29, 0.717) is 11.7 Å². The number of anilines is 1. The number of aromatic nitrogens is 3. The largest absolute Gasteiger partial charge is 0.321 e. The molecule has 0 aliphatic carbocycles. The summed E-state index contributed by atoms with van der Waals surface area (Å²) in [5.41, 5.74) is 4.27. The van der Waals surface area contributed by atoms with Gasteiger partial charge in [-0.25, -0.2) is 4.68 Å². The van der Waals surface area contributed by atoms with Crippen LogP contribution in [0.4, 0.5) is 5.69 Å². The van der Waals surface area contributed by atoms with Gasteiger partial charge in [-0.05, 0) is 70.0 Å². The van der Waals surface area contributed by atoms with Crippen LogP contribution in [-0.2, 0) is 0 Å². The maximum Gasteiger partial charge on any atom is 0.278 e. The van der Waals surface area contributed by atoms with Crippen molar-refractivity contribution in [2.45, 2.75) is 39.7 Å². The van der Waals surface area contributed by atoms with Crippen molar-refractivity contribution in [3.8, 4) is 0 Å². The second-order valence-corrected chi connectivity index (χ2v) is 6.28. The Labute approximate surface area is 136 Å². The Morgan fingerprint density at radius 1 is 1.17 bits per heavy atom. The minimum atomic E-state index is -0.201. The summed E-state index contributed by atoms with van der Waals surface area (Å²) >= 11 is 0. The van der Waals surface area contributed by atoms with Crippen LogP contribution in [0, 0.1) is 20.8 Å². The Morgan fingerprint density at radius 3 is 2.48 bits per heavy atom. The van der Waals surface area contributed by atoms with Crippen LogP contribution < -0.4 is 10.6 Å². The smallest absolute Gasteiger partial charge is 0.278 e. The third-order valence-corrected chi connectivity index (χ3v) is 4.28. The number of rotatable bonds is 3. The maximum atomic E-state index is 12.5. The Balaban J connectivity index is 1.78. The average Bonchev–Trinajstić information content (AvgIpc) is 2.89. The summed E-state index contributed by atoms with van der Waals surface area (Å²) in [6.45, 7) is 7.91. The zero-order chi connectivity index (χ0) is 16.4. The van der Waals surface area contributed by atoms with Gasteiger partial charge in [0.1, 0.15) is 0 Å². The Bertz CT molecular complexity index is 696. The molecule has 23 heavy (non-hydrogen) atoms. The molecule has 0 saturated carbocycles. The fraction of sp³-hybridized carbons (Fsp3) is 0.471. The molecule has 3 rings (SSSR count). The van der Waals surface area contributed by atoms with E-state index < -0.39 is 0 Å². The van der Waals surface area contributed by atoms with E-state index in [0.717, 1.165) is 48.4 Å². The summed E-state index contributed by atoms with van der Waals surface area (Å²) in [6, 6.07) is 6.31. The maximum absolute atomic E-state index is 12.5. The molecule has 6 nitrogen and oxygen atoms in total. The van der Waals surface area contributed by atoms with Crippen molar-refractivity contribution in [2.24, 2.45) is 0 Å². The molecule has 1 aromatic heterocycles. The lowest BCUT2D eigenvalue weighted by atomic mass is 10.1. The zero-order valence-electron chi connectivity index (χ0n) is 13.9. The lowest BCUT2D eigenvalue weighted by Gasteiger charge is -2.23. The van der Waals surface area contributed by atoms with Gasteiger partial charge in [-0.1, -0.05) is 11.3 Å². The van der Waals surface area contributed by atoms with Crippen LogP contribution in [0.1, 0.15) is 46.2 Å². The predicted octanol–water partition coefficient (Wildman–Crippen LogP) is 2.38. The number of hydrogen-bond donors (Lipinski definition) is 2. The van der Waals surface area contributed by atoms with Crippen LogP contribution in [0.25, 0.3) is 0 Å².